The molecular weight excluding hydrogens is 288 g/mol. The lowest BCUT2D eigenvalue weighted by molar-refractivity contribution is 0.128. The van der Waals surface area contributed by atoms with Gasteiger partial charge in [-0.15, -0.1) is 0 Å². The number of rotatable bonds is 5. The van der Waals surface area contributed by atoms with Gasteiger partial charge in [-0.05, 0) is 31.0 Å². The lowest BCUT2D eigenvalue weighted by atomic mass is 10.1. The molecule has 0 spiro atoms. The first-order valence-electron chi connectivity index (χ1n) is 8.28. The van der Waals surface area contributed by atoms with Crippen LogP contribution in [0.15, 0.2) is 30.5 Å². The van der Waals surface area contributed by atoms with Crippen molar-refractivity contribution in [3.63, 3.8) is 0 Å². The molecule has 0 radical (unpaired) electrons. The molecule has 1 aliphatic rings. The zero-order valence-electron chi connectivity index (χ0n) is 14.2. The van der Waals surface area contributed by atoms with Gasteiger partial charge in [0.25, 0.3) is 0 Å². The smallest absolute Gasteiger partial charge is 0.125 e. The van der Waals surface area contributed by atoms with Crippen molar-refractivity contribution in [2.45, 2.75) is 19.9 Å². The number of ether oxygens (including phenoxy) is 1. The molecule has 0 amide bonds. The van der Waals surface area contributed by atoms with E-state index >= 15 is 0 Å². The Morgan fingerprint density at radius 3 is 2.74 bits per heavy atom. The van der Waals surface area contributed by atoms with Gasteiger partial charge in [0.1, 0.15) is 12.4 Å². The molecular formula is C18H26N4O. The van der Waals surface area contributed by atoms with Crippen LogP contribution in [0.1, 0.15) is 22.9 Å². The summed E-state index contributed by atoms with van der Waals surface area (Å²) in [7, 11) is 2.01. The Morgan fingerprint density at radius 1 is 1.26 bits per heavy atom. The Kier molecular flexibility index (Phi) is 4.98. The average molecular weight is 314 g/mol. The Labute approximate surface area is 138 Å². The first-order chi connectivity index (χ1) is 11.2. The quantitative estimate of drug-likeness (QED) is 0.917. The lowest BCUT2D eigenvalue weighted by Crippen LogP contribution is -2.47. The fourth-order valence-electron chi connectivity index (χ4n) is 3.31. The Balaban J connectivity index is 1.63. The molecule has 0 aliphatic carbocycles. The summed E-state index contributed by atoms with van der Waals surface area (Å²) in [6.07, 6.45) is 1.87. The predicted octanol–water partition coefficient (Wildman–Crippen LogP) is 2.06. The maximum Gasteiger partial charge on any atom is 0.125 e. The van der Waals surface area contributed by atoms with E-state index in [9.17, 15) is 0 Å². The van der Waals surface area contributed by atoms with Crippen LogP contribution in [0.2, 0.25) is 0 Å². The van der Waals surface area contributed by atoms with Crippen molar-refractivity contribution in [2.75, 3.05) is 32.8 Å². The Bertz CT molecular complexity index is 632. The number of nitrogens with zero attached hydrogens (tertiary/aromatic N) is 3. The second kappa shape index (κ2) is 7.15. The van der Waals surface area contributed by atoms with E-state index in [1.165, 1.54) is 16.8 Å². The van der Waals surface area contributed by atoms with Crippen LogP contribution in [-0.2, 0) is 7.05 Å². The molecule has 124 valence electrons. The number of aryl methyl sites for hydroxylation is 3. The van der Waals surface area contributed by atoms with Crippen LogP contribution in [-0.4, -0.2) is 47.5 Å². The van der Waals surface area contributed by atoms with Crippen LogP contribution < -0.4 is 10.1 Å². The van der Waals surface area contributed by atoms with Crippen molar-refractivity contribution in [3.8, 4) is 5.75 Å². The first-order valence-corrected chi connectivity index (χ1v) is 8.28. The molecule has 1 aromatic heterocycles. The van der Waals surface area contributed by atoms with Crippen LogP contribution in [0.5, 0.6) is 5.75 Å². The minimum absolute atomic E-state index is 0.359. The average Bonchev–Trinajstić information content (AvgIpc) is 2.97. The molecule has 0 bridgehead atoms. The molecule has 1 fully saturated rings. The molecule has 1 aliphatic heterocycles. The molecule has 3 rings (SSSR count). The minimum atomic E-state index is 0.359. The first kappa shape index (κ1) is 16.0. The van der Waals surface area contributed by atoms with E-state index in [4.69, 9.17) is 4.74 Å². The second-order valence-electron chi connectivity index (χ2n) is 6.20. The molecule has 1 unspecified atom stereocenters. The summed E-state index contributed by atoms with van der Waals surface area (Å²) in [6.45, 7) is 8.86. The SMILES string of the molecule is Cc1cccc(C)c1OCCN1CCNCC1c1ccnn1C. The number of hydrogen-bond acceptors (Lipinski definition) is 4. The van der Waals surface area contributed by atoms with Gasteiger partial charge in [0.05, 0.1) is 11.7 Å². The highest BCUT2D eigenvalue weighted by atomic mass is 16.5. The minimum Gasteiger partial charge on any atom is -0.492 e. The molecule has 2 aromatic rings. The number of aromatic nitrogens is 2. The summed E-state index contributed by atoms with van der Waals surface area (Å²) in [4.78, 5) is 2.49. The molecule has 1 saturated heterocycles. The van der Waals surface area contributed by atoms with Gasteiger partial charge in [-0.3, -0.25) is 9.58 Å². The molecule has 2 heterocycles. The van der Waals surface area contributed by atoms with Crippen molar-refractivity contribution < 1.29 is 4.74 Å². The van der Waals surface area contributed by atoms with Gasteiger partial charge in [0, 0.05) is 39.4 Å². The maximum absolute atomic E-state index is 6.08. The third-order valence-electron chi connectivity index (χ3n) is 4.59. The zero-order valence-corrected chi connectivity index (χ0v) is 14.2. The fourth-order valence-corrected chi connectivity index (χ4v) is 3.31. The summed E-state index contributed by atoms with van der Waals surface area (Å²) in [5.74, 6) is 1.03. The Morgan fingerprint density at radius 2 is 2.04 bits per heavy atom. The number of hydrogen-bond donors (Lipinski definition) is 1. The number of para-hydroxylation sites is 1. The fraction of sp³-hybridized carbons (Fsp3) is 0.500. The second-order valence-corrected chi connectivity index (χ2v) is 6.20. The standard InChI is InChI=1S/C18H26N4O/c1-14-5-4-6-15(2)18(14)23-12-11-22-10-9-19-13-17(22)16-7-8-20-21(16)3/h4-8,17,19H,9-13H2,1-3H3. The number of piperazine rings is 1. The highest BCUT2D eigenvalue weighted by Gasteiger charge is 2.25. The van der Waals surface area contributed by atoms with E-state index in [0.717, 1.165) is 31.9 Å². The summed E-state index contributed by atoms with van der Waals surface area (Å²) in [6, 6.07) is 8.75. The zero-order chi connectivity index (χ0) is 16.2. The van der Waals surface area contributed by atoms with Crippen molar-refractivity contribution >= 4 is 0 Å². The van der Waals surface area contributed by atoms with Crippen LogP contribution in [0, 0.1) is 13.8 Å². The van der Waals surface area contributed by atoms with Crippen molar-refractivity contribution in [2.24, 2.45) is 7.05 Å². The maximum atomic E-state index is 6.08. The monoisotopic (exact) mass is 314 g/mol. The van der Waals surface area contributed by atoms with E-state index in [-0.39, 0.29) is 0 Å². The van der Waals surface area contributed by atoms with Gasteiger partial charge in [0.2, 0.25) is 0 Å². The normalized spacial score (nSPS) is 19.0. The topological polar surface area (TPSA) is 42.3 Å². The van der Waals surface area contributed by atoms with Crippen LogP contribution in [0.4, 0.5) is 0 Å². The van der Waals surface area contributed by atoms with E-state index < -0.39 is 0 Å². The molecule has 23 heavy (non-hydrogen) atoms. The number of nitrogens with one attached hydrogen (secondary N) is 1. The molecule has 1 N–H and O–H groups in total. The largest absolute Gasteiger partial charge is 0.492 e. The molecule has 5 nitrogen and oxygen atoms in total. The van der Waals surface area contributed by atoms with Gasteiger partial charge < -0.3 is 10.1 Å². The predicted molar refractivity (Wildman–Crippen MR) is 91.8 cm³/mol. The summed E-state index contributed by atoms with van der Waals surface area (Å²) in [5, 5.41) is 7.79. The van der Waals surface area contributed by atoms with Crippen LogP contribution in [0.25, 0.3) is 0 Å². The molecule has 5 heteroatoms. The molecule has 1 aromatic carbocycles. The summed E-state index contributed by atoms with van der Waals surface area (Å²) in [5.41, 5.74) is 3.66. The molecule has 0 saturated carbocycles. The van der Waals surface area contributed by atoms with Gasteiger partial charge in [0.15, 0.2) is 0 Å². The van der Waals surface area contributed by atoms with Gasteiger partial charge >= 0.3 is 0 Å². The lowest BCUT2D eigenvalue weighted by Gasteiger charge is -2.36. The van der Waals surface area contributed by atoms with E-state index in [1.807, 2.05) is 17.9 Å². The highest BCUT2D eigenvalue weighted by Crippen LogP contribution is 2.24. The van der Waals surface area contributed by atoms with Gasteiger partial charge in [-0.1, -0.05) is 18.2 Å². The number of benzene rings is 1. The van der Waals surface area contributed by atoms with E-state index in [1.54, 1.807) is 0 Å². The van der Waals surface area contributed by atoms with Gasteiger partial charge in [-0.2, -0.15) is 5.10 Å². The molecule has 1 atom stereocenters. The third-order valence-corrected chi connectivity index (χ3v) is 4.59. The van der Waals surface area contributed by atoms with Crippen molar-refractivity contribution in [1.82, 2.24) is 20.0 Å². The third kappa shape index (κ3) is 3.57. The van der Waals surface area contributed by atoms with Gasteiger partial charge in [-0.25, -0.2) is 0 Å². The summed E-state index contributed by atoms with van der Waals surface area (Å²) < 4.78 is 8.05. The van der Waals surface area contributed by atoms with Crippen molar-refractivity contribution in [3.05, 3.63) is 47.3 Å². The Hall–Kier alpha value is -1.85. The van der Waals surface area contributed by atoms with E-state index in [2.05, 4.69) is 53.4 Å². The van der Waals surface area contributed by atoms with E-state index in [0.29, 0.717) is 12.6 Å². The van der Waals surface area contributed by atoms with Crippen LogP contribution >= 0.6 is 0 Å². The van der Waals surface area contributed by atoms with Crippen molar-refractivity contribution in [1.29, 1.82) is 0 Å². The summed E-state index contributed by atoms with van der Waals surface area (Å²) >= 11 is 0. The highest BCUT2D eigenvalue weighted by molar-refractivity contribution is 5.39. The van der Waals surface area contributed by atoms with Crippen LogP contribution in [0.3, 0.4) is 0 Å².